The lowest BCUT2D eigenvalue weighted by Gasteiger charge is -2.15. The lowest BCUT2D eigenvalue weighted by molar-refractivity contribution is -0.137. The van der Waals surface area contributed by atoms with Gasteiger partial charge in [0.05, 0.1) is 16.6 Å². The molecule has 5 nitrogen and oxygen atoms in total. The summed E-state index contributed by atoms with van der Waals surface area (Å²) in [7, 11) is 3.36. The van der Waals surface area contributed by atoms with Crippen molar-refractivity contribution < 1.29 is 18.0 Å². The number of rotatable bonds is 3. The molecule has 0 aliphatic rings. The van der Waals surface area contributed by atoms with E-state index in [1.165, 1.54) is 27.7 Å². The summed E-state index contributed by atoms with van der Waals surface area (Å²) in [5.41, 5.74) is 2.09. The van der Waals surface area contributed by atoms with Crippen LogP contribution < -0.4 is 5.56 Å². The average molecular weight is 487 g/mol. The van der Waals surface area contributed by atoms with Gasteiger partial charge in [-0.3, -0.25) is 19.1 Å². The number of aromatic nitrogens is 2. The van der Waals surface area contributed by atoms with Crippen molar-refractivity contribution in [2.24, 2.45) is 0 Å². The van der Waals surface area contributed by atoms with Crippen molar-refractivity contribution in [2.45, 2.75) is 6.18 Å². The quantitative estimate of drug-likeness (QED) is 0.297. The van der Waals surface area contributed by atoms with E-state index in [0.717, 1.165) is 23.3 Å². The fourth-order valence-corrected chi connectivity index (χ4v) is 4.23. The molecule has 0 bridgehead atoms. The van der Waals surface area contributed by atoms with Crippen molar-refractivity contribution in [1.82, 2.24) is 14.5 Å². The van der Waals surface area contributed by atoms with Gasteiger partial charge >= 0.3 is 6.18 Å². The first-order valence-corrected chi connectivity index (χ1v) is 11.1. The molecule has 5 aromatic rings. The second-order valence-corrected chi connectivity index (χ2v) is 8.63. The zero-order valence-corrected chi connectivity index (χ0v) is 19.4. The summed E-state index contributed by atoms with van der Waals surface area (Å²) < 4.78 is 41.5. The molecule has 0 saturated heterocycles. The Morgan fingerprint density at radius 1 is 0.889 bits per heavy atom. The Hall–Kier alpha value is -4.46. The van der Waals surface area contributed by atoms with E-state index in [0.29, 0.717) is 27.4 Å². The second kappa shape index (κ2) is 8.64. The van der Waals surface area contributed by atoms with E-state index in [9.17, 15) is 22.8 Å². The SMILES string of the molecule is CN(C)C(=O)c1ccc(-c2ccc3ncc4ccc(=O)n(-c5cccc(C(F)(F)F)c5)c4c3c2)cc1. The van der Waals surface area contributed by atoms with Gasteiger partial charge < -0.3 is 4.90 Å². The van der Waals surface area contributed by atoms with Crippen LogP contribution in [0.2, 0.25) is 0 Å². The van der Waals surface area contributed by atoms with Crippen LogP contribution in [0.15, 0.2) is 89.9 Å². The molecule has 2 aromatic heterocycles. The van der Waals surface area contributed by atoms with E-state index in [1.807, 2.05) is 24.3 Å². The zero-order valence-electron chi connectivity index (χ0n) is 19.4. The van der Waals surface area contributed by atoms with Gasteiger partial charge in [0.25, 0.3) is 11.5 Å². The summed E-state index contributed by atoms with van der Waals surface area (Å²) >= 11 is 0. The number of nitrogens with zero attached hydrogens (tertiary/aromatic N) is 3. The summed E-state index contributed by atoms with van der Waals surface area (Å²) in [6, 6.07) is 20.3. The highest BCUT2D eigenvalue weighted by Crippen LogP contribution is 2.33. The van der Waals surface area contributed by atoms with E-state index in [1.54, 1.807) is 44.6 Å². The van der Waals surface area contributed by atoms with Crippen molar-refractivity contribution in [3.8, 4) is 16.8 Å². The molecule has 0 fully saturated rings. The van der Waals surface area contributed by atoms with E-state index >= 15 is 0 Å². The summed E-state index contributed by atoms with van der Waals surface area (Å²) in [6.45, 7) is 0. The van der Waals surface area contributed by atoms with Crippen molar-refractivity contribution in [3.05, 3.63) is 107 Å². The highest BCUT2D eigenvalue weighted by Gasteiger charge is 2.30. The standard InChI is InChI=1S/C28H20F3N3O2/c1-33(2)27(36)18-8-6-17(7-9-18)19-10-12-24-23(14-19)26-20(16-32-24)11-13-25(35)34(26)22-5-3-4-21(15-22)28(29,30)31/h3-16H,1-2H3. The topological polar surface area (TPSA) is 55.2 Å². The molecular weight excluding hydrogens is 467 g/mol. The number of hydrogen-bond donors (Lipinski definition) is 0. The summed E-state index contributed by atoms with van der Waals surface area (Å²) in [5.74, 6) is -0.111. The number of hydrogen-bond acceptors (Lipinski definition) is 3. The fraction of sp³-hybridized carbons (Fsp3) is 0.107. The van der Waals surface area contributed by atoms with Gasteiger partial charge in [-0.15, -0.1) is 0 Å². The molecule has 3 aromatic carbocycles. The van der Waals surface area contributed by atoms with Gasteiger partial charge in [-0.05, 0) is 59.7 Å². The maximum atomic E-state index is 13.4. The van der Waals surface area contributed by atoms with Crippen LogP contribution in [0.1, 0.15) is 15.9 Å². The molecule has 2 heterocycles. The Kier molecular flexibility index (Phi) is 5.59. The lowest BCUT2D eigenvalue weighted by atomic mass is 10.0. The minimum absolute atomic E-state index is 0.111. The number of benzene rings is 3. The van der Waals surface area contributed by atoms with Crippen LogP contribution in [0.4, 0.5) is 13.2 Å². The van der Waals surface area contributed by atoms with Crippen molar-refractivity contribution >= 4 is 27.7 Å². The Morgan fingerprint density at radius 3 is 2.31 bits per heavy atom. The second-order valence-electron chi connectivity index (χ2n) is 8.63. The molecule has 8 heteroatoms. The molecule has 0 saturated carbocycles. The predicted octanol–water partition coefficient (Wildman–Crippen LogP) is 5.93. The molecule has 0 unspecified atom stereocenters. The third-order valence-electron chi connectivity index (χ3n) is 6.02. The highest BCUT2D eigenvalue weighted by molar-refractivity contribution is 6.05. The molecule has 0 atom stereocenters. The largest absolute Gasteiger partial charge is 0.416 e. The third kappa shape index (κ3) is 4.11. The first-order valence-electron chi connectivity index (χ1n) is 11.1. The number of halogens is 3. The minimum Gasteiger partial charge on any atom is -0.345 e. The highest BCUT2D eigenvalue weighted by atomic mass is 19.4. The third-order valence-corrected chi connectivity index (χ3v) is 6.02. The number of carbonyl (C=O) groups is 1. The van der Waals surface area contributed by atoms with Gasteiger partial charge in [0.2, 0.25) is 0 Å². The maximum Gasteiger partial charge on any atom is 0.416 e. The Labute approximate surface area is 204 Å². The Morgan fingerprint density at radius 2 is 1.61 bits per heavy atom. The molecule has 0 spiro atoms. The van der Waals surface area contributed by atoms with E-state index in [-0.39, 0.29) is 11.6 Å². The molecule has 5 rings (SSSR count). The van der Waals surface area contributed by atoms with Crippen LogP contribution in [0.3, 0.4) is 0 Å². The van der Waals surface area contributed by atoms with Crippen LogP contribution >= 0.6 is 0 Å². The van der Waals surface area contributed by atoms with Crippen LogP contribution in [-0.4, -0.2) is 34.5 Å². The van der Waals surface area contributed by atoms with Gasteiger partial charge in [-0.2, -0.15) is 13.2 Å². The van der Waals surface area contributed by atoms with E-state index in [2.05, 4.69) is 4.98 Å². The molecule has 36 heavy (non-hydrogen) atoms. The van der Waals surface area contributed by atoms with Crippen LogP contribution in [0, 0.1) is 0 Å². The molecule has 0 radical (unpaired) electrons. The smallest absolute Gasteiger partial charge is 0.345 e. The Balaban J connectivity index is 1.73. The summed E-state index contributed by atoms with van der Waals surface area (Å²) in [4.78, 5) is 31.2. The minimum atomic E-state index is -4.54. The number of alkyl halides is 3. The predicted molar refractivity (Wildman–Crippen MR) is 133 cm³/mol. The molecule has 1 amide bonds. The molecule has 180 valence electrons. The first-order chi connectivity index (χ1) is 17.1. The van der Waals surface area contributed by atoms with Crippen LogP contribution in [0.5, 0.6) is 0 Å². The van der Waals surface area contributed by atoms with Crippen LogP contribution in [-0.2, 0) is 6.18 Å². The maximum absolute atomic E-state index is 13.4. The van der Waals surface area contributed by atoms with Gasteiger partial charge in [-0.25, -0.2) is 0 Å². The number of pyridine rings is 2. The molecule has 0 N–H and O–H groups in total. The number of amides is 1. The molecular formula is C28H20F3N3O2. The van der Waals surface area contributed by atoms with E-state index < -0.39 is 17.3 Å². The first kappa shape index (κ1) is 23.3. The van der Waals surface area contributed by atoms with Crippen molar-refractivity contribution in [1.29, 1.82) is 0 Å². The fourth-order valence-electron chi connectivity index (χ4n) is 4.23. The number of fused-ring (bicyclic) bond motifs is 3. The molecule has 0 aliphatic heterocycles. The summed E-state index contributed by atoms with van der Waals surface area (Å²) in [6.07, 6.45) is -2.94. The summed E-state index contributed by atoms with van der Waals surface area (Å²) in [5, 5.41) is 1.23. The molecule has 0 aliphatic carbocycles. The average Bonchev–Trinajstić information content (AvgIpc) is 2.87. The van der Waals surface area contributed by atoms with Gasteiger partial charge in [0, 0.05) is 48.4 Å². The van der Waals surface area contributed by atoms with Crippen LogP contribution in [0.25, 0.3) is 38.6 Å². The van der Waals surface area contributed by atoms with Gasteiger partial charge in [0.15, 0.2) is 0 Å². The monoisotopic (exact) mass is 487 g/mol. The van der Waals surface area contributed by atoms with Crippen molar-refractivity contribution in [2.75, 3.05) is 14.1 Å². The van der Waals surface area contributed by atoms with Gasteiger partial charge in [0.1, 0.15) is 0 Å². The van der Waals surface area contributed by atoms with Gasteiger partial charge in [-0.1, -0.05) is 24.3 Å². The van der Waals surface area contributed by atoms with Crippen molar-refractivity contribution in [3.63, 3.8) is 0 Å². The Bertz CT molecular complexity index is 1690. The lowest BCUT2D eigenvalue weighted by Crippen LogP contribution is -2.21. The van der Waals surface area contributed by atoms with E-state index in [4.69, 9.17) is 0 Å². The normalized spacial score (nSPS) is 11.7. The zero-order chi connectivity index (χ0) is 25.6. The number of carbonyl (C=O) groups excluding carboxylic acids is 1.